The third kappa shape index (κ3) is 5.27. The first kappa shape index (κ1) is 23.5. The number of benzene rings is 2. The monoisotopic (exact) mass is 494 g/mol. The largest absolute Gasteiger partial charge is 0.383 e. The zero-order valence-electron chi connectivity index (χ0n) is 18.6. The Hall–Kier alpha value is -3.69. The van der Waals surface area contributed by atoms with Crippen LogP contribution >= 0.6 is 22.9 Å². The van der Waals surface area contributed by atoms with Crippen LogP contribution in [-0.2, 0) is 11.2 Å². The van der Waals surface area contributed by atoms with Gasteiger partial charge in [0.2, 0.25) is 5.91 Å². The average Bonchev–Trinajstić information content (AvgIpc) is 3.17. The van der Waals surface area contributed by atoms with Gasteiger partial charge in [0.15, 0.2) is 0 Å². The molecule has 0 fully saturated rings. The highest BCUT2D eigenvalue weighted by atomic mass is 35.5. The quantitative estimate of drug-likeness (QED) is 0.338. The lowest BCUT2D eigenvalue weighted by Gasteiger charge is -2.11. The van der Waals surface area contributed by atoms with E-state index in [1.54, 1.807) is 43.3 Å². The van der Waals surface area contributed by atoms with Crippen molar-refractivity contribution in [3.63, 3.8) is 0 Å². The van der Waals surface area contributed by atoms with Crippen molar-refractivity contribution in [3.05, 3.63) is 64.8 Å². The summed E-state index contributed by atoms with van der Waals surface area (Å²) in [6, 6.07) is 14.0. The Bertz CT molecular complexity index is 1350. The van der Waals surface area contributed by atoms with Crippen LogP contribution < -0.4 is 16.4 Å². The van der Waals surface area contributed by atoms with E-state index >= 15 is 0 Å². The number of rotatable bonds is 6. The van der Waals surface area contributed by atoms with Gasteiger partial charge in [-0.15, -0.1) is 11.3 Å². The molecule has 0 atom stereocenters. The second-order valence-corrected chi connectivity index (χ2v) is 9.31. The fourth-order valence-electron chi connectivity index (χ4n) is 3.51. The number of amides is 3. The molecule has 2 heterocycles. The molecule has 4 rings (SSSR count). The van der Waals surface area contributed by atoms with Crippen molar-refractivity contribution >= 4 is 62.3 Å². The highest BCUT2D eigenvalue weighted by Crippen LogP contribution is 2.41. The highest BCUT2D eigenvalue weighted by Gasteiger charge is 2.19. The van der Waals surface area contributed by atoms with Gasteiger partial charge in [0, 0.05) is 47.4 Å². The summed E-state index contributed by atoms with van der Waals surface area (Å²) in [7, 11) is 3.48. The van der Waals surface area contributed by atoms with Crippen LogP contribution in [0.2, 0.25) is 5.02 Å². The van der Waals surface area contributed by atoms with Gasteiger partial charge in [-0.2, -0.15) is 0 Å². The summed E-state index contributed by atoms with van der Waals surface area (Å²) >= 11 is 7.48. The van der Waals surface area contributed by atoms with E-state index in [0.29, 0.717) is 35.1 Å². The number of hydrogen-bond acceptors (Lipinski definition) is 6. The maximum Gasteiger partial charge on any atom is 0.323 e. The molecule has 0 saturated heterocycles. The Balaban J connectivity index is 1.58. The van der Waals surface area contributed by atoms with Crippen molar-refractivity contribution in [1.29, 1.82) is 0 Å². The first-order chi connectivity index (χ1) is 16.3. The van der Waals surface area contributed by atoms with Crippen LogP contribution in [0.3, 0.4) is 0 Å². The van der Waals surface area contributed by atoms with Crippen LogP contribution in [0.15, 0.2) is 54.9 Å². The fourth-order valence-corrected chi connectivity index (χ4v) is 4.87. The van der Waals surface area contributed by atoms with Gasteiger partial charge >= 0.3 is 6.03 Å². The fraction of sp³-hybridized carbons (Fsp3) is 0.167. The van der Waals surface area contributed by atoms with Crippen molar-refractivity contribution in [2.75, 3.05) is 30.5 Å². The Morgan fingerprint density at radius 3 is 2.50 bits per heavy atom. The van der Waals surface area contributed by atoms with Gasteiger partial charge < -0.3 is 21.3 Å². The summed E-state index contributed by atoms with van der Waals surface area (Å²) in [5.74, 6) is 0.442. The number of halogens is 1. The van der Waals surface area contributed by atoms with Crippen LogP contribution in [0.25, 0.3) is 21.3 Å². The molecule has 174 valence electrons. The maximum absolute atomic E-state index is 12.4. The molecule has 0 aliphatic rings. The van der Waals surface area contributed by atoms with Gasteiger partial charge in [-0.3, -0.25) is 4.79 Å². The minimum Gasteiger partial charge on any atom is -0.383 e. The molecule has 2 aromatic carbocycles. The zero-order valence-corrected chi connectivity index (χ0v) is 20.2. The van der Waals surface area contributed by atoms with Crippen LogP contribution in [0, 0.1) is 0 Å². The molecule has 0 aliphatic carbocycles. The molecule has 4 aromatic rings. The van der Waals surface area contributed by atoms with E-state index in [1.807, 2.05) is 24.3 Å². The standard InChI is InChI=1S/C24H23ClN6O2S/c1-31(2)19(32)11-10-18-20(21-22(26)27-13-28-23(21)34-18)14-6-8-16(9-7-14)29-24(33)30-17-5-3-4-15(25)12-17/h3-9,12-13H,10-11H2,1-2H3,(H2,26,27,28)(H2,29,30,33). The van der Waals surface area contributed by atoms with Crippen molar-refractivity contribution in [2.24, 2.45) is 0 Å². The second-order valence-electron chi connectivity index (χ2n) is 7.79. The Kier molecular flexibility index (Phi) is 6.95. The molecular weight excluding hydrogens is 472 g/mol. The normalized spacial score (nSPS) is 10.8. The number of hydrogen-bond donors (Lipinski definition) is 3. The van der Waals surface area contributed by atoms with E-state index in [9.17, 15) is 9.59 Å². The lowest BCUT2D eigenvalue weighted by Crippen LogP contribution is -2.21. The number of aromatic nitrogens is 2. The lowest BCUT2D eigenvalue weighted by molar-refractivity contribution is -0.128. The Morgan fingerprint density at radius 1 is 1.06 bits per heavy atom. The van der Waals surface area contributed by atoms with Crippen molar-refractivity contribution < 1.29 is 9.59 Å². The predicted molar refractivity (Wildman–Crippen MR) is 138 cm³/mol. The molecule has 3 amide bonds. The van der Waals surface area contributed by atoms with Crippen LogP contribution in [-0.4, -0.2) is 40.9 Å². The number of nitrogens with two attached hydrogens (primary N) is 1. The molecule has 2 aromatic heterocycles. The Morgan fingerprint density at radius 2 is 1.79 bits per heavy atom. The molecule has 0 bridgehead atoms. The molecule has 10 heteroatoms. The highest BCUT2D eigenvalue weighted by molar-refractivity contribution is 7.19. The Labute approximate surface area is 205 Å². The third-order valence-corrected chi connectivity index (χ3v) is 6.56. The molecule has 0 aliphatic heterocycles. The number of carbonyl (C=O) groups is 2. The van der Waals surface area contributed by atoms with Gasteiger partial charge in [0.1, 0.15) is 17.0 Å². The smallest absolute Gasteiger partial charge is 0.323 e. The summed E-state index contributed by atoms with van der Waals surface area (Å²) < 4.78 is 0. The van der Waals surface area contributed by atoms with Gasteiger partial charge in [-0.25, -0.2) is 14.8 Å². The summed E-state index contributed by atoms with van der Waals surface area (Å²) in [5.41, 5.74) is 9.23. The summed E-state index contributed by atoms with van der Waals surface area (Å²) in [5, 5.41) is 6.87. The van der Waals surface area contributed by atoms with Crippen LogP contribution in [0.5, 0.6) is 0 Å². The summed E-state index contributed by atoms with van der Waals surface area (Å²) in [6.45, 7) is 0. The number of nitrogens with zero attached hydrogens (tertiary/aromatic N) is 3. The minimum absolute atomic E-state index is 0.0488. The van der Waals surface area contributed by atoms with E-state index in [-0.39, 0.29) is 11.9 Å². The number of carbonyl (C=O) groups excluding carboxylic acids is 2. The molecule has 4 N–H and O–H groups in total. The van der Waals surface area contributed by atoms with Gasteiger partial charge in [-0.05, 0) is 42.3 Å². The maximum atomic E-state index is 12.4. The molecule has 0 saturated carbocycles. The minimum atomic E-state index is -0.378. The van der Waals surface area contributed by atoms with Crippen molar-refractivity contribution in [1.82, 2.24) is 14.9 Å². The van der Waals surface area contributed by atoms with E-state index < -0.39 is 0 Å². The van der Waals surface area contributed by atoms with Gasteiger partial charge in [0.05, 0.1) is 5.39 Å². The van der Waals surface area contributed by atoms with E-state index in [0.717, 1.165) is 26.2 Å². The number of urea groups is 1. The second kappa shape index (κ2) is 10.1. The topological polar surface area (TPSA) is 113 Å². The molecule has 0 radical (unpaired) electrons. The summed E-state index contributed by atoms with van der Waals surface area (Å²) in [6.07, 6.45) is 2.39. The number of fused-ring (bicyclic) bond motifs is 1. The van der Waals surface area contributed by atoms with E-state index in [4.69, 9.17) is 17.3 Å². The molecule has 0 spiro atoms. The number of aryl methyl sites for hydroxylation is 1. The summed E-state index contributed by atoms with van der Waals surface area (Å²) in [4.78, 5) is 36.4. The number of thiophene rings is 1. The zero-order chi connectivity index (χ0) is 24.2. The number of anilines is 3. The first-order valence-electron chi connectivity index (χ1n) is 10.5. The lowest BCUT2D eigenvalue weighted by atomic mass is 10.0. The molecule has 0 unspecified atom stereocenters. The van der Waals surface area contributed by atoms with Gasteiger partial charge in [0.25, 0.3) is 0 Å². The number of nitrogen functional groups attached to an aromatic ring is 1. The van der Waals surface area contributed by atoms with E-state index in [2.05, 4.69) is 20.6 Å². The number of nitrogens with one attached hydrogen (secondary N) is 2. The van der Waals surface area contributed by atoms with Crippen molar-refractivity contribution in [3.8, 4) is 11.1 Å². The van der Waals surface area contributed by atoms with Gasteiger partial charge in [-0.1, -0.05) is 29.8 Å². The van der Waals surface area contributed by atoms with E-state index in [1.165, 1.54) is 17.7 Å². The molecular formula is C24H23ClN6O2S. The first-order valence-corrected chi connectivity index (χ1v) is 11.7. The third-order valence-electron chi connectivity index (χ3n) is 5.17. The SMILES string of the molecule is CN(C)C(=O)CCc1sc2ncnc(N)c2c1-c1ccc(NC(=O)Nc2cccc(Cl)c2)cc1. The van der Waals surface area contributed by atoms with Crippen LogP contribution in [0.1, 0.15) is 11.3 Å². The average molecular weight is 495 g/mol. The predicted octanol–water partition coefficient (Wildman–Crippen LogP) is 5.26. The van der Waals surface area contributed by atoms with Crippen LogP contribution in [0.4, 0.5) is 22.0 Å². The molecule has 8 nitrogen and oxygen atoms in total. The molecule has 34 heavy (non-hydrogen) atoms. The van der Waals surface area contributed by atoms with Crippen molar-refractivity contribution in [2.45, 2.75) is 12.8 Å².